The SMILES string of the molecule is CCOC(=O)CC(C)Sc1ccc(F)cc1N. The predicted molar refractivity (Wildman–Crippen MR) is 67.4 cm³/mol. The second-order valence-corrected chi connectivity index (χ2v) is 5.10. The van der Waals surface area contributed by atoms with E-state index in [-0.39, 0.29) is 17.0 Å². The van der Waals surface area contributed by atoms with Crippen LogP contribution in [-0.4, -0.2) is 17.8 Å². The van der Waals surface area contributed by atoms with Gasteiger partial charge in [0.05, 0.1) is 13.0 Å². The topological polar surface area (TPSA) is 52.3 Å². The summed E-state index contributed by atoms with van der Waals surface area (Å²) >= 11 is 1.44. The molecule has 1 unspecified atom stereocenters. The lowest BCUT2D eigenvalue weighted by atomic mass is 10.3. The van der Waals surface area contributed by atoms with Crippen molar-refractivity contribution in [2.24, 2.45) is 0 Å². The number of hydrogen-bond acceptors (Lipinski definition) is 4. The van der Waals surface area contributed by atoms with Crippen molar-refractivity contribution in [3.63, 3.8) is 0 Å². The second-order valence-electron chi connectivity index (χ2n) is 3.62. The Labute approximate surface area is 105 Å². The first-order chi connectivity index (χ1) is 8.02. The summed E-state index contributed by atoms with van der Waals surface area (Å²) in [7, 11) is 0. The van der Waals surface area contributed by atoms with E-state index in [9.17, 15) is 9.18 Å². The van der Waals surface area contributed by atoms with E-state index in [1.54, 1.807) is 13.0 Å². The lowest BCUT2D eigenvalue weighted by molar-refractivity contribution is -0.142. The van der Waals surface area contributed by atoms with Crippen LogP contribution >= 0.6 is 11.8 Å². The zero-order valence-electron chi connectivity index (χ0n) is 9.90. The van der Waals surface area contributed by atoms with Crippen molar-refractivity contribution >= 4 is 23.4 Å². The van der Waals surface area contributed by atoms with Crippen LogP contribution in [0.4, 0.5) is 10.1 Å². The van der Waals surface area contributed by atoms with Gasteiger partial charge in [0.2, 0.25) is 0 Å². The lowest BCUT2D eigenvalue weighted by Gasteiger charge is -2.12. The van der Waals surface area contributed by atoms with E-state index < -0.39 is 0 Å². The standard InChI is InChI=1S/C12H16FNO2S/c1-3-16-12(15)6-8(2)17-11-5-4-9(13)7-10(11)14/h4-5,7-8H,3,6,14H2,1-2H3. The van der Waals surface area contributed by atoms with E-state index in [4.69, 9.17) is 10.5 Å². The highest BCUT2D eigenvalue weighted by atomic mass is 32.2. The number of ether oxygens (including phenoxy) is 1. The molecule has 0 radical (unpaired) electrons. The number of nitrogen functional groups attached to an aromatic ring is 1. The van der Waals surface area contributed by atoms with Gasteiger partial charge in [0.1, 0.15) is 5.82 Å². The molecule has 0 aromatic heterocycles. The zero-order chi connectivity index (χ0) is 12.8. The highest BCUT2D eigenvalue weighted by molar-refractivity contribution is 8.00. The summed E-state index contributed by atoms with van der Waals surface area (Å²) in [5.74, 6) is -0.585. The molecule has 0 aliphatic rings. The van der Waals surface area contributed by atoms with E-state index in [2.05, 4.69) is 0 Å². The second kappa shape index (κ2) is 6.49. The van der Waals surface area contributed by atoms with Gasteiger partial charge in [-0.15, -0.1) is 11.8 Å². The van der Waals surface area contributed by atoms with Crippen LogP contribution in [0.5, 0.6) is 0 Å². The van der Waals surface area contributed by atoms with E-state index in [1.165, 1.54) is 23.9 Å². The van der Waals surface area contributed by atoms with Gasteiger partial charge in [-0.3, -0.25) is 4.79 Å². The van der Waals surface area contributed by atoms with Crippen molar-refractivity contribution in [1.29, 1.82) is 0 Å². The molecule has 0 fully saturated rings. The number of carbonyl (C=O) groups excluding carboxylic acids is 1. The van der Waals surface area contributed by atoms with Crippen LogP contribution in [-0.2, 0) is 9.53 Å². The minimum atomic E-state index is -0.357. The Balaban J connectivity index is 2.55. The van der Waals surface area contributed by atoms with Crippen molar-refractivity contribution in [3.8, 4) is 0 Å². The smallest absolute Gasteiger partial charge is 0.306 e. The fourth-order valence-electron chi connectivity index (χ4n) is 1.34. The molecule has 1 rings (SSSR count). The minimum absolute atomic E-state index is 0.0433. The molecule has 0 bridgehead atoms. The number of nitrogens with two attached hydrogens (primary N) is 1. The number of carbonyl (C=O) groups is 1. The molecular formula is C12H16FNO2S. The van der Waals surface area contributed by atoms with Crippen LogP contribution in [0.1, 0.15) is 20.3 Å². The zero-order valence-corrected chi connectivity index (χ0v) is 10.7. The van der Waals surface area contributed by atoms with Gasteiger partial charge in [-0.05, 0) is 25.1 Å². The maximum Gasteiger partial charge on any atom is 0.306 e. The highest BCUT2D eigenvalue weighted by Gasteiger charge is 2.12. The first kappa shape index (κ1) is 13.8. The van der Waals surface area contributed by atoms with Gasteiger partial charge in [-0.25, -0.2) is 4.39 Å². The molecule has 0 saturated carbocycles. The molecule has 17 heavy (non-hydrogen) atoms. The van der Waals surface area contributed by atoms with Gasteiger partial charge in [0.25, 0.3) is 0 Å². The number of benzene rings is 1. The Kier molecular flexibility index (Phi) is 5.28. The molecule has 1 atom stereocenters. The maximum atomic E-state index is 12.8. The first-order valence-electron chi connectivity index (χ1n) is 5.40. The third kappa shape index (κ3) is 4.65. The van der Waals surface area contributed by atoms with Gasteiger partial charge in [0, 0.05) is 15.8 Å². The quantitative estimate of drug-likeness (QED) is 0.500. The molecule has 0 aliphatic carbocycles. The fourth-order valence-corrected chi connectivity index (χ4v) is 2.33. The molecule has 94 valence electrons. The molecule has 0 heterocycles. The largest absolute Gasteiger partial charge is 0.466 e. The molecule has 0 spiro atoms. The number of esters is 1. The lowest BCUT2D eigenvalue weighted by Crippen LogP contribution is -2.10. The molecule has 5 heteroatoms. The minimum Gasteiger partial charge on any atom is -0.466 e. The number of thioether (sulfide) groups is 1. The summed E-state index contributed by atoms with van der Waals surface area (Å²) in [5, 5.41) is 0.0433. The third-order valence-corrected chi connectivity index (χ3v) is 3.25. The average molecular weight is 257 g/mol. The van der Waals surface area contributed by atoms with Gasteiger partial charge in [0.15, 0.2) is 0 Å². The Morgan fingerprint density at radius 3 is 2.88 bits per heavy atom. The fraction of sp³-hybridized carbons (Fsp3) is 0.417. The van der Waals surface area contributed by atoms with Crippen LogP contribution < -0.4 is 5.73 Å². The van der Waals surface area contributed by atoms with Crippen molar-refractivity contribution < 1.29 is 13.9 Å². The van der Waals surface area contributed by atoms with Crippen LogP contribution in [0.25, 0.3) is 0 Å². The van der Waals surface area contributed by atoms with Crippen molar-refractivity contribution in [1.82, 2.24) is 0 Å². The van der Waals surface area contributed by atoms with E-state index in [0.29, 0.717) is 18.7 Å². The van der Waals surface area contributed by atoms with Crippen LogP contribution in [0, 0.1) is 5.82 Å². The number of anilines is 1. The van der Waals surface area contributed by atoms with Crippen molar-refractivity contribution in [3.05, 3.63) is 24.0 Å². The average Bonchev–Trinajstić information content (AvgIpc) is 2.22. The van der Waals surface area contributed by atoms with Gasteiger partial charge in [-0.2, -0.15) is 0 Å². The van der Waals surface area contributed by atoms with Crippen LogP contribution in [0.15, 0.2) is 23.1 Å². The summed E-state index contributed by atoms with van der Waals surface area (Å²) < 4.78 is 17.7. The molecule has 0 saturated heterocycles. The van der Waals surface area contributed by atoms with E-state index >= 15 is 0 Å². The molecule has 0 amide bonds. The summed E-state index contributed by atoms with van der Waals surface area (Å²) in [6.45, 7) is 4.06. The first-order valence-corrected chi connectivity index (χ1v) is 6.28. The molecule has 2 N–H and O–H groups in total. The van der Waals surface area contributed by atoms with E-state index in [0.717, 1.165) is 4.90 Å². The van der Waals surface area contributed by atoms with Crippen LogP contribution in [0.2, 0.25) is 0 Å². The number of halogens is 1. The Hall–Kier alpha value is -1.23. The molecule has 0 aliphatic heterocycles. The third-order valence-electron chi connectivity index (χ3n) is 2.06. The predicted octanol–water partition coefficient (Wildman–Crippen LogP) is 2.84. The summed E-state index contributed by atoms with van der Waals surface area (Å²) in [6.07, 6.45) is 0.315. The maximum absolute atomic E-state index is 12.8. The molecule has 3 nitrogen and oxygen atoms in total. The Morgan fingerprint density at radius 1 is 1.59 bits per heavy atom. The molecular weight excluding hydrogens is 241 g/mol. The van der Waals surface area contributed by atoms with Crippen LogP contribution in [0.3, 0.4) is 0 Å². The monoisotopic (exact) mass is 257 g/mol. The number of rotatable bonds is 5. The number of hydrogen-bond donors (Lipinski definition) is 1. The van der Waals surface area contributed by atoms with Gasteiger partial charge < -0.3 is 10.5 Å². The summed E-state index contributed by atoms with van der Waals surface area (Å²) in [6, 6.07) is 4.26. The summed E-state index contributed by atoms with van der Waals surface area (Å²) in [4.78, 5) is 12.0. The highest BCUT2D eigenvalue weighted by Crippen LogP contribution is 2.30. The molecule has 1 aromatic rings. The van der Waals surface area contributed by atoms with Gasteiger partial charge in [-0.1, -0.05) is 6.92 Å². The summed E-state index contributed by atoms with van der Waals surface area (Å²) in [5.41, 5.74) is 6.08. The van der Waals surface area contributed by atoms with Crippen molar-refractivity contribution in [2.75, 3.05) is 12.3 Å². The Morgan fingerprint density at radius 2 is 2.29 bits per heavy atom. The normalized spacial score (nSPS) is 12.2. The Bertz CT molecular complexity index is 398. The van der Waals surface area contributed by atoms with Gasteiger partial charge >= 0.3 is 5.97 Å². The van der Waals surface area contributed by atoms with E-state index in [1.807, 2.05) is 6.92 Å². The molecule has 1 aromatic carbocycles. The van der Waals surface area contributed by atoms with Crippen molar-refractivity contribution in [2.45, 2.75) is 30.4 Å².